The zero-order valence-corrected chi connectivity index (χ0v) is 13.3. The number of hydrogen-bond donors (Lipinski definition) is 2. The Labute approximate surface area is 127 Å². The third kappa shape index (κ3) is 4.70. The van der Waals surface area contributed by atoms with Crippen LogP contribution in [-0.4, -0.2) is 43.6 Å². The molecule has 0 aromatic heterocycles. The number of benzene rings is 1. The van der Waals surface area contributed by atoms with Crippen molar-refractivity contribution >= 4 is 0 Å². The molecular formula is C17H27NO3. The van der Waals surface area contributed by atoms with E-state index in [-0.39, 0.29) is 0 Å². The molecule has 1 aliphatic rings. The summed E-state index contributed by atoms with van der Waals surface area (Å²) in [5.74, 6) is 0.886. The summed E-state index contributed by atoms with van der Waals surface area (Å²) in [4.78, 5) is 0. The first-order chi connectivity index (χ1) is 10.1. The Morgan fingerprint density at radius 3 is 2.62 bits per heavy atom. The Morgan fingerprint density at radius 1 is 1.29 bits per heavy atom. The van der Waals surface area contributed by atoms with Gasteiger partial charge in [-0.25, -0.2) is 0 Å². The fourth-order valence-electron chi connectivity index (χ4n) is 2.91. The minimum absolute atomic E-state index is 0.319. The minimum atomic E-state index is -0.495. The quantitative estimate of drug-likeness (QED) is 0.809. The van der Waals surface area contributed by atoms with E-state index in [4.69, 9.17) is 9.47 Å². The van der Waals surface area contributed by atoms with Crippen LogP contribution in [-0.2, 0) is 4.74 Å². The standard InChI is InChI=1S/C17H27NO3/c1-12-5-4-6-13(2)17(12)21-11-15(19)10-18-14-7-8-16(9-14)20-3/h4-6,14-16,18-19H,7-11H2,1-3H3. The zero-order chi connectivity index (χ0) is 15.2. The minimum Gasteiger partial charge on any atom is -0.490 e. The summed E-state index contributed by atoms with van der Waals surface area (Å²) in [7, 11) is 1.76. The molecule has 118 valence electrons. The maximum absolute atomic E-state index is 10.1. The number of ether oxygens (including phenoxy) is 2. The SMILES string of the molecule is COC1CCC(NCC(O)COc2c(C)cccc2C)C1. The number of rotatable bonds is 7. The highest BCUT2D eigenvalue weighted by atomic mass is 16.5. The molecule has 1 aromatic rings. The summed E-state index contributed by atoms with van der Waals surface area (Å²) in [5.41, 5.74) is 2.21. The van der Waals surface area contributed by atoms with Gasteiger partial charge in [0.05, 0.1) is 6.10 Å². The van der Waals surface area contributed by atoms with Crippen molar-refractivity contribution in [2.75, 3.05) is 20.3 Å². The predicted octanol–water partition coefficient (Wildman–Crippen LogP) is 2.20. The Morgan fingerprint density at radius 2 is 2.00 bits per heavy atom. The molecule has 0 radical (unpaired) electrons. The largest absolute Gasteiger partial charge is 0.490 e. The van der Waals surface area contributed by atoms with Crippen molar-refractivity contribution < 1.29 is 14.6 Å². The normalized spacial score (nSPS) is 23.2. The summed E-state index contributed by atoms with van der Waals surface area (Å²) in [5, 5.41) is 13.5. The van der Waals surface area contributed by atoms with Gasteiger partial charge in [-0.1, -0.05) is 18.2 Å². The summed E-state index contributed by atoms with van der Waals surface area (Å²) in [6, 6.07) is 6.51. The number of para-hydroxylation sites is 1. The van der Waals surface area contributed by atoms with Crippen LogP contribution >= 0.6 is 0 Å². The average Bonchev–Trinajstić information content (AvgIpc) is 2.92. The van der Waals surface area contributed by atoms with E-state index >= 15 is 0 Å². The van der Waals surface area contributed by atoms with Gasteiger partial charge >= 0.3 is 0 Å². The van der Waals surface area contributed by atoms with E-state index in [1.165, 1.54) is 0 Å². The molecule has 1 aliphatic carbocycles. The fraction of sp³-hybridized carbons (Fsp3) is 0.647. The average molecular weight is 293 g/mol. The highest BCUT2D eigenvalue weighted by molar-refractivity contribution is 5.39. The van der Waals surface area contributed by atoms with E-state index in [0.717, 1.165) is 36.1 Å². The van der Waals surface area contributed by atoms with Gasteiger partial charge in [-0.3, -0.25) is 0 Å². The lowest BCUT2D eigenvalue weighted by atomic mass is 10.1. The zero-order valence-electron chi connectivity index (χ0n) is 13.3. The van der Waals surface area contributed by atoms with Crippen LogP contribution in [0.5, 0.6) is 5.75 Å². The van der Waals surface area contributed by atoms with E-state index < -0.39 is 6.10 Å². The van der Waals surface area contributed by atoms with Crippen molar-refractivity contribution in [1.82, 2.24) is 5.32 Å². The fourth-order valence-corrected chi connectivity index (χ4v) is 2.91. The molecule has 0 spiro atoms. The van der Waals surface area contributed by atoms with E-state index in [9.17, 15) is 5.11 Å². The molecule has 0 heterocycles. The lowest BCUT2D eigenvalue weighted by Gasteiger charge is -2.18. The second kappa shape index (κ2) is 7.78. The highest BCUT2D eigenvalue weighted by Crippen LogP contribution is 2.23. The van der Waals surface area contributed by atoms with Gasteiger partial charge in [-0.2, -0.15) is 0 Å². The van der Waals surface area contributed by atoms with Gasteiger partial charge in [-0.15, -0.1) is 0 Å². The molecule has 4 heteroatoms. The van der Waals surface area contributed by atoms with Crippen LogP contribution in [0.25, 0.3) is 0 Å². The molecule has 1 fully saturated rings. The smallest absolute Gasteiger partial charge is 0.125 e. The van der Waals surface area contributed by atoms with Crippen LogP contribution in [0.3, 0.4) is 0 Å². The van der Waals surface area contributed by atoms with Crippen molar-refractivity contribution in [1.29, 1.82) is 0 Å². The molecule has 0 aliphatic heterocycles. The molecule has 3 atom stereocenters. The van der Waals surface area contributed by atoms with Crippen LogP contribution in [0.1, 0.15) is 30.4 Å². The van der Waals surface area contributed by atoms with Crippen molar-refractivity contribution in [2.24, 2.45) is 0 Å². The Bertz CT molecular complexity index is 429. The lowest BCUT2D eigenvalue weighted by molar-refractivity contribution is 0.0962. The van der Waals surface area contributed by atoms with Gasteiger partial charge in [0.25, 0.3) is 0 Å². The third-order valence-electron chi connectivity index (χ3n) is 4.19. The molecule has 3 unspecified atom stereocenters. The lowest BCUT2D eigenvalue weighted by Crippen LogP contribution is -2.37. The summed E-state index contributed by atoms with van der Waals surface area (Å²) < 4.78 is 11.1. The molecule has 21 heavy (non-hydrogen) atoms. The Balaban J connectivity index is 1.71. The molecule has 2 rings (SSSR count). The Hall–Kier alpha value is -1.10. The van der Waals surface area contributed by atoms with E-state index in [0.29, 0.717) is 25.3 Å². The summed E-state index contributed by atoms with van der Waals surface area (Å²) in [6.45, 7) is 4.93. The van der Waals surface area contributed by atoms with E-state index in [2.05, 4.69) is 5.32 Å². The third-order valence-corrected chi connectivity index (χ3v) is 4.19. The second-order valence-corrected chi connectivity index (χ2v) is 5.96. The van der Waals surface area contributed by atoms with Gasteiger partial charge in [0.15, 0.2) is 0 Å². The van der Waals surface area contributed by atoms with E-state index in [1.54, 1.807) is 7.11 Å². The van der Waals surface area contributed by atoms with Crippen LogP contribution in [0, 0.1) is 13.8 Å². The first-order valence-corrected chi connectivity index (χ1v) is 7.73. The van der Waals surface area contributed by atoms with E-state index in [1.807, 2.05) is 32.0 Å². The van der Waals surface area contributed by atoms with Gasteiger partial charge in [0, 0.05) is 19.7 Å². The maximum atomic E-state index is 10.1. The van der Waals surface area contributed by atoms with Gasteiger partial charge in [-0.05, 0) is 44.2 Å². The van der Waals surface area contributed by atoms with Crippen LogP contribution in [0.4, 0.5) is 0 Å². The van der Waals surface area contributed by atoms with Gasteiger partial charge in [0.2, 0.25) is 0 Å². The number of methoxy groups -OCH3 is 1. The summed E-state index contributed by atoms with van der Waals surface area (Å²) >= 11 is 0. The van der Waals surface area contributed by atoms with Crippen LogP contribution < -0.4 is 10.1 Å². The maximum Gasteiger partial charge on any atom is 0.125 e. The predicted molar refractivity (Wildman–Crippen MR) is 83.9 cm³/mol. The first kappa shape index (κ1) is 16.3. The molecule has 0 bridgehead atoms. The number of nitrogens with one attached hydrogen (secondary N) is 1. The molecular weight excluding hydrogens is 266 g/mol. The second-order valence-electron chi connectivity index (χ2n) is 5.96. The molecule has 1 saturated carbocycles. The highest BCUT2D eigenvalue weighted by Gasteiger charge is 2.24. The topological polar surface area (TPSA) is 50.7 Å². The van der Waals surface area contributed by atoms with Crippen molar-refractivity contribution in [3.05, 3.63) is 29.3 Å². The number of aliphatic hydroxyl groups is 1. The molecule has 1 aromatic carbocycles. The van der Waals surface area contributed by atoms with Gasteiger partial charge in [0.1, 0.15) is 18.5 Å². The number of hydrogen-bond acceptors (Lipinski definition) is 4. The van der Waals surface area contributed by atoms with Crippen molar-refractivity contribution in [3.63, 3.8) is 0 Å². The molecule has 4 nitrogen and oxygen atoms in total. The van der Waals surface area contributed by atoms with Crippen molar-refractivity contribution in [2.45, 2.75) is 51.4 Å². The molecule has 0 saturated heterocycles. The Kier molecular flexibility index (Phi) is 6.03. The van der Waals surface area contributed by atoms with Gasteiger partial charge < -0.3 is 19.9 Å². The number of aliphatic hydroxyl groups excluding tert-OH is 1. The van der Waals surface area contributed by atoms with Crippen LogP contribution in [0.2, 0.25) is 0 Å². The monoisotopic (exact) mass is 293 g/mol. The van der Waals surface area contributed by atoms with Crippen LogP contribution in [0.15, 0.2) is 18.2 Å². The summed E-state index contributed by atoms with van der Waals surface area (Å²) in [6.07, 6.45) is 3.11. The molecule has 0 amide bonds. The molecule has 2 N–H and O–H groups in total. The van der Waals surface area contributed by atoms with Crippen molar-refractivity contribution in [3.8, 4) is 5.75 Å². The number of aryl methyl sites for hydroxylation is 2. The first-order valence-electron chi connectivity index (χ1n) is 7.73.